The lowest BCUT2D eigenvalue weighted by Gasteiger charge is -2.28. The largest absolute Gasteiger partial charge is 0.389 e. The Bertz CT molecular complexity index is 411. The van der Waals surface area contributed by atoms with Crippen molar-refractivity contribution < 1.29 is 4.74 Å². The first-order valence-electron chi connectivity index (χ1n) is 5.28. The monoisotopic (exact) mass is 272 g/mol. The molecule has 0 aromatic heterocycles. The van der Waals surface area contributed by atoms with Gasteiger partial charge in [-0.2, -0.15) is 0 Å². The number of anilines is 1. The fraction of sp³-hybridized carbons (Fsp3) is 0.417. The molecule has 1 aromatic rings. The number of nitrogens with zero attached hydrogens (tertiary/aromatic N) is 1. The number of hydrogen-bond acceptors (Lipinski definition) is 3. The highest BCUT2D eigenvalue weighted by Gasteiger charge is 2.15. The van der Waals surface area contributed by atoms with Gasteiger partial charge in [-0.25, -0.2) is 0 Å². The second-order valence-electron chi connectivity index (χ2n) is 3.94. The SMILES string of the molecule is COCC(C)N(C)c1ccc(Cl)cc1C(N)=S. The van der Waals surface area contributed by atoms with Crippen LogP contribution < -0.4 is 10.6 Å². The molecular formula is C12H17ClN2OS. The van der Waals surface area contributed by atoms with Gasteiger partial charge in [-0.15, -0.1) is 0 Å². The van der Waals surface area contributed by atoms with Crippen LogP contribution in [0.1, 0.15) is 12.5 Å². The number of hydrogen-bond donors (Lipinski definition) is 1. The third kappa shape index (κ3) is 3.56. The fourth-order valence-electron chi connectivity index (χ4n) is 1.60. The summed E-state index contributed by atoms with van der Waals surface area (Å²) in [6.45, 7) is 2.71. The van der Waals surface area contributed by atoms with Gasteiger partial charge in [0.15, 0.2) is 0 Å². The summed E-state index contributed by atoms with van der Waals surface area (Å²) in [5.41, 5.74) is 7.46. The van der Waals surface area contributed by atoms with Crippen molar-refractivity contribution in [2.75, 3.05) is 25.7 Å². The van der Waals surface area contributed by atoms with Gasteiger partial charge < -0.3 is 15.4 Å². The van der Waals surface area contributed by atoms with Gasteiger partial charge in [-0.1, -0.05) is 23.8 Å². The average molecular weight is 273 g/mol. The smallest absolute Gasteiger partial charge is 0.106 e. The number of likely N-dealkylation sites (N-methyl/N-ethyl adjacent to an activating group) is 1. The van der Waals surface area contributed by atoms with Gasteiger partial charge in [0.25, 0.3) is 0 Å². The molecule has 2 N–H and O–H groups in total. The van der Waals surface area contributed by atoms with Crippen LogP contribution in [0.2, 0.25) is 5.02 Å². The van der Waals surface area contributed by atoms with Gasteiger partial charge in [0, 0.05) is 36.5 Å². The summed E-state index contributed by atoms with van der Waals surface area (Å²) in [5, 5.41) is 0.629. The molecule has 5 heteroatoms. The van der Waals surface area contributed by atoms with Crippen LogP contribution in [0.5, 0.6) is 0 Å². The molecule has 1 unspecified atom stereocenters. The number of thiocarbonyl (C=S) groups is 1. The first-order valence-corrected chi connectivity index (χ1v) is 6.07. The Morgan fingerprint density at radius 1 is 1.59 bits per heavy atom. The number of ether oxygens (including phenoxy) is 1. The highest BCUT2D eigenvalue weighted by atomic mass is 35.5. The van der Waals surface area contributed by atoms with Gasteiger partial charge in [-0.3, -0.25) is 0 Å². The fourth-order valence-corrected chi connectivity index (χ4v) is 1.94. The molecule has 17 heavy (non-hydrogen) atoms. The Morgan fingerprint density at radius 3 is 2.76 bits per heavy atom. The molecule has 1 atom stereocenters. The Morgan fingerprint density at radius 2 is 2.24 bits per heavy atom. The molecule has 0 fully saturated rings. The van der Waals surface area contributed by atoms with E-state index in [1.54, 1.807) is 13.2 Å². The van der Waals surface area contributed by atoms with Crippen LogP contribution in [-0.4, -0.2) is 31.8 Å². The lowest BCUT2D eigenvalue weighted by Crippen LogP contribution is -2.34. The van der Waals surface area contributed by atoms with E-state index < -0.39 is 0 Å². The summed E-state index contributed by atoms with van der Waals surface area (Å²) in [4.78, 5) is 2.42. The minimum absolute atomic E-state index is 0.231. The molecule has 0 spiro atoms. The quantitative estimate of drug-likeness (QED) is 0.836. The Balaban J connectivity index is 3.08. The minimum Gasteiger partial charge on any atom is -0.389 e. The standard InChI is InChI=1S/C12H17ClN2OS/c1-8(7-16-3)15(2)11-5-4-9(13)6-10(11)12(14)17/h4-6,8H,7H2,1-3H3,(H2,14,17). The van der Waals surface area contributed by atoms with Gasteiger partial charge >= 0.3 is 0 Å². The molecule has 0 aliphatic heterocycles. The van der Waals surface area contributed by atoms with Crippen LogP contribution in [-0.2, 0) is 4.74 Å². The maximum Gasteiger partial charge on any atom is 0.106 e. The number of nitrogens with two attached hydrogens (primary N) is 1. The summed E-state index contributed by atoms with van der Waals surface area (Å²) in [5.74, 6) is 0. The zero-order valence-corrected chi connectivity index (χ0v) is 11.8. The van der Waals surface area contributed by atoms with E-state index in [4.69, 9.17) is 34.3 Å². The molecule has 94 valence electrons. The number of rotatable bonds is 5. The molecule has 1 aromatic carbocycles. The third-order valence-electron chi connectivity index (χ3n) is 2.67. The highest BCUT2D eigenvalue weighted by molar-refractivity contribution is 7.80. The Hall–Kier alpha value is -0.840. The van der Waals surface area contributed by atoms with Crippen molar-refractivity contribution in [3.63, 3.8) is 0 Å². The second-order valence-corrected chi connectivity index (χ2v) is 4.82. The zero-order chi connectivity index (χ0) is 13.0. The number of halogens is 1. The first kappa shape index (κ1) is 14.2. The van der Waals surface area contributed by atoms with Crippen LogP contribution in [0.15, 0.2) is 18.2 Å². The zero-order valence-electron chi connectivity index (χ0n) is 10.2. The van der Waals surface area contributed by atoms with Crippen LogP contribution in [0.4, 0.5) is 5.69 Å². The topological polar surface area (TPSA) is 38.5 Å². The molecule has 0 aliphatic carbocycles. The van der Waals surface area contributed by atoms with Gasteiger partial charge in [0.1, 0.15) is 4.99 Å². The molecule has 0 saturated heterocycles. The van der Waals surface area contributed by atoms with Crippen molar-refractivity contribution in [2.45, 2.75) is 13.0 Å². The Labute approximate surface area is 112 Å². The molecule has 3 nitrogen and oxygen atoms in total. The van der Waals surface area contributed by atoms with Crippen molar-refractivity contribution in [3.8, 4) is 0 Å². The summed E-state index contributed by atoms with van der Waals surface area (Å²) < 4.78 is 5.14. The lowest BCUT2D eigenvalue weighted by atomic mass is 10.1. The van der Waals surface area contributed by atoms with Gasteiger partial charge in [-0.05, 0) is 25.1 Å². The van der Waals surface area contributed by atoms with Crippen LogP contribution in [0.25, 0.3) is 0 Å². The summed E-state index contributed by atoms with van der Waals surface area (Å²) >= 11 is 11.0. The molecule has 0 radical (unpaired) electrons. The predicted octanol–water partition coefficient (Wildman–Crippen LogP) is 2.45. The van der Waals surface area contributed by atoms with Crippen molar-refractivity contribution in [2.24, 2.45) is 5.73 Å². The molecule has 0 aliphatic rings. The molecular weight excluding hydrogens is 256 g/mol. The summed E-state index contributed by atoms with van der Waals surface area (Å²) in [7, 11) is 3.66. The number of methoxy groups -OCH3 is 1. The lowest BCUT2D eigenvalue weighted by molar-refractivity contribution is 0.183. The second kappa shape index (κ2) is 6.19. The van der Waals surface area contributed by atoms with Crippen molar-refractivity contribution >= 4 is 34.5 Å². The van der Waals surface area contributed by atoms with Crippen molar-refractivity contribution in [1.82, 2.24) is 0 Å². The van der Waals surface area contributed by atoms with E-state index in [2.05, 4.69) is 11.8 Å². The summed E-state index contributed by atoms with van der Waals surface area (Å²) in [6.07, 6.45) is 0. The van der Waals surface area contributed by atoms with Crippen molar-refractivity contribution in [1.29, 1.82) is 0 Å². The van der Waals surface area contributed by atoms with Crippen molar-refractivity contribution in [3.05, 3.63) is 28.8 Å². The summed E-state index contributed by atoms with van der Waals surface area (Å²) in [6, 6.07) is 5.77. The van der Waals surface area contributed by atoms with E-state index in [9.17, 15) is 0 Å². The van der Waals surface area contributed by atoms with E-state index in [0.717, 1.165) is 11.3 Å². The minimum atomic E-state index is 0.231. The van der Waals surface area contributed by atoms with Crippen LogP contribution in [0, 0.1) is 0 Å². The number of benzene rings is 1. The Kier molecular flexibility index (Phi) is 5.18. The molecule has 0 heterocycles. The average Bonchev–Trinajstić information content (AvgIpc) is 2.28. The molecule has 0 bridgehead atoms. The van der Waals surface area contributed by atoms with Crippen LogP contribution in [0.3, 0.4) is 0 Å². The molecule has 0 amide bonds. The van der Waals surface area contributed by atoms with Crippen LogP contribution >= 0.6 is 23.8 Å². The van der Waals surface area contributed by atoms with E-state index in [1.165, 1.54) is 0 Å². The highest BCUT2D eigenvalue weighted by Crippen LogP contribution is 2.25. The van der Waals surface area contributed by atoms with Gasteiger partial charge in [0.2, 0.25) is 0 Å². The first-order chi connectivity index (χ1) is 7.97. The van der Waals surface area contributed by atoms with E-state index in [1.807, 2.05) is 19.2 Å². The maximum atomic E-state index is 5.95. The van der Waals surface area contributed by atoms with Gasteiger partial charge in [0.05, 0.1) is 6.61 Å². The molecule has 0 saturated carbocycles. The van der Waals surface area contributed by atoms with E-state index in [0.29, 0.717) is 16.6 Å². The normalized spacial score (nSPS) is 12.2. The molecule has 1 rings (SSSR count). The van der Waals surface area contributed by atoms with E-state index in [-0.39, 0.29) is 6.04 Å². The predicted molar refractivity (Wildman–Crippen MR) is 77.1 cm³/mol. The third-order valence-corrected chi connectivity index (χ3v) is 3.13. The van der Waals surface area contributed by atoms with E-state index >= 15 is 0 Å². The maximum absolute atomic E-state index is 5.95.